The van der Waals surface area contributed by atoms with E-state index >= 15 is 0 Å². The normalized spacial score (nSPS) is 22.3. The van der Waals surface area contributed by atoms with E-state index in [-0.39, 0.29) is 17.3 Å². The number of hydrogen-bond acceptors (Lipinski definition) is 3. The third-order valence-corrected chi connectivity index (χ3v) is 5.98. The Hall–Kier alpha value is -1.43. The molecule has 1 fully saturated rings. The van der Waals surface area contributed by atoms with Gasteiger partial charge in [-0.25, -0.2) is 4.79 Å². The second-order valence-electron chi connectivity index (χ2n) is 6.77. The number of hydrogen-bond donors (Lipinski definition) is 0. The van der Waals surface area contributed by atoms with Crippen molar-refractivity contribution in [2.24, 2.45) is 11.0 Å². The van der Waals surface area contributed by atoms with Crippen LogP contribution in [0.1, 0.15) is 63.1 Å². The van der Waals surface area contributed by atoms with Gasteiger partial charge in [-0.05, 0) is 60.9 Å². The van der Waals surface area contributed by atoms with Crippen molar-refractivity contribution >= 4 is 22.1 Å². The number of aromatic nitrogens is 2. The molecule has 3 rings (SSSR count). The van der Waals surface area contributed by atoms with Crippen LogP contribution >= 0.6 is 15.9 Å². The maximum absolute atomic E-state index is 12.9. The van der Waals surface area contributed by atoms with Gasteiger partial charge in [0.25, 0.3) is 5.56 Å². The molecule has 0 spiro atoms. The van der Waals surface area contributed by atoms with E-state index in [0.29, 0.717) is 16.1 Å². The van der Waals surface area contributed by atoms with Gasteiger partial charge in [0.05, 0.1) is 5.69 Å². The third-order valence-electron chi connectivity index (χ3n) is 5.07. The Balaban J connectivity index is 2.00. The van der Waals surface area contributed by atoms with Crippen LogP contribution in [-0.2, 0) is 0 Å². The molecular formula is C18H24BrN3O2. The predicted molar refractivity (Wildman–Crippen MR) is 99.9 cm³/mol. The van der Waals surface area contributed by atoms with Crippen molar-refractivity contribution in [3.05, 3.63) is 43.2 Å². The zero-order chi connectivity index (χ0) is 17.1. The SMILES string of the molecule is Cc1c(Br)c(=O)n(C2CCCCC2)c(=O)n1/N=C/C1CC=CCC1. The first-order chi connectivity index (χ1) is 11.6. The Morgan fingerprint density at radius 1 is 1.17 bits per heavy atom. The summed E-state index contributed by atoms with van der Waals surface area (Å²) >= 11 is 3.37. The molecule has 0 saturated heterocycles. The van der Waals surface area contributed by atoms with Gasteiger partial charge in [-0.3, -0.25) is 9.36 Å². The highest BCUT2D eigenvalue weighted by Crippen LogP contribution is 2.26. The quantitative estimate of drug-likeness (QED) is 0.579. The minimum absolute atomic E-state index is 0.00489. The van der Waals surface area contributed by atoms with E-state index in [4.69, 9.17) is 0 Å². The van der Waals surface area contributed by atoms with Crippen molar-refractivity contribution in [1.29, 1.82) is 0 Å². The summed E-state index contributed by atoms with van der Waals surface area (Å²) in [6, 6.07) is -0.00489. The summed E-state index contributed by atoms with van der Waals surface area (Å²) in [6.07, 6.45) is 14.4. The molecule has 2 aliphatic carbocycles. The molecule has 2 aliphatic rings. The molecule has 0 radical (unpaired) electrons. The van der Waals surface area contributed by atoms with Crippen molar-refractivity contribution in [3.8, 4) is 0 Å². The number of halogens is 1. The first kappa shape index (κ1) is 17.4. The average Bonchev–Trinajstić information content (AvgIpc) is 2.62. The highest BCUT2D eigenvalue weighted by Gasteiger charge is 2.23. The Kier molecular flexibility index (Phi) is 5.54. The molecule has 1 saturated carbocycles. The van der Waals surface area contributed by atoms with E-state index in [1.165, 1.54) is 15.7 Å². The van der Waals surface area contributed by atoms with Crippen LogP contribution in [0, 0.1) is 12.8 Å². The van der Waals surface area contributed by atoms with E-state index in [2.05, 4.69) is 33.2 Å². The van der Waals surface area contributed by atoms with E-state index in [1.807, 2.05) is 6.21 Å². The number of rotatable bonds is 3. The molecule has 1 atom stereocenters. The summed E-state index contributed by atoms with van der Waals surface area (Å²) < 4.78 is 3.24. The Labute approximate surface area is 150 Å². The van der Waals surface area contributed by atoms with E-state index in [9.17, 15) is 9.59 Å². The standard InChI is InChI=1S/C18H24BrN3O2/c1-13-16(19)17(23)21(15-10-6-3-7-11-15)18(24)22(13)20-12-14-8-4-2-5-9-14/h2,4,12,14-15H,3,5-11H2,1H3/b20-12+. The average molecular weight is 394 g/mol. The van der Waals surface area contributed by atoms with Gasteiger partial charge in [-0.2, -0.15) is 9.78 Å². The minimum atomic E-state index is -0.310. The summed E-state index contributed by atoms with van der Waals surface area (Å²) in [6.45, 7) is 1.76. The van der Waals surface area contributed by atoms with Gasteiger partial charge in [0.2, 0.25) is 0 Å². The lowest BCUT2D eigenvalue weighted by Crippen LogP contribution is -2.43. The fraction of sp³-hybridized carbons (Fsp3) is 0.611. The smallest absolute Gasteiger partial charge is 0.268 e. The summed E-state index contributed by atoms with van der Waals surface area (Å²) in [4.78, 5) is 25.5. The zero-order valence-electron chi connectivity index (χ0n) is 14.1. The molecular weight excluding hydrogens is 370 g/mol. The van der Waals surface area contributed by atoms with Crippen LogP contribution in [0.4, 0.5) is 0 Å². The highest BCUT2D eigenvalue weighted by molar-refractivity contribution is 9.10. The molecule has 6 heteroatoms. The van der Waals surface area contributed by atoms with Gasteiger partial charge in [-0.1, -0.05) is 31.4 Å². The van der Waals surface area contributed by atoms with Crippen molar-refractivity contribution in [2.45, 2.75) is 64.3 Å². The van der Waals surface area contributed by atoms with Crippen molar-refractivity contribution in [1.82, 2.24) is 9.24 Å². The summed E-state index contributed by atoms with van der Waals surface area (Å²) in [5, 5.41) is 4.44. The lowest BCUT2D eigenvalue weighted by Gasteiger charge is -2.24. The van der Waals surface area contributed by atoms with Crippen LogP contribution in [-0.4, -0.2) is 15.5 Å². The minimum Gasteiger partial charge on any atom is -0.268 e. The molecule has 1 aromatic heterocycles. The molecule has 1 aromatic rings. The van der Waals surface area contributed by atoms with Crippen molar-refractivity contribution < 1.29 is 0 Å². The van der Waals surface area contributed by atoms with E-state index in [0.717, 1.165) is 44.9 Å². The monoisotopic (exact) mass is 393 g/mol. The van der Waals surface area contributed by atoms with Crippen LogP contribution in [0.25, 0.3) is 0 Å². The maximum atomic E-state index is 12.9. The Bertz CT molecular complexity index is 770. The molecule has 0 amide bonds. The molecule has 130 valence electrons. The van der Waals surface area contributed by atoms with E-state index in [1.54, 1.807) is 6.92 Å². The van der Waals surface area contributed by atoms with Gasteiger partial charge in [0.15, 0.2) is 0 Å². The summed E-state index contributed by atoms with van der Waals surface area (Å²) in [5.41, 5.74) is 0.0336. The van der Waals surface area contributed by atoms with Crippen molar-refractivity contribution in [2.75, 3.05) is 0 Å². The largest absolute Gasteiger partial charge is 0.352 e. The summed E-state index contributed by atoms with van der Waals surface area (Å²) in [7, 11) is 0. The van der Waals surface area contributed by atoms with Crippen LogP contribution in [0.15, 0.2) is 31.3 Å². The van der Waals surface area contributed by atoms with Crippen LogP contribution in [0.2, 0.25) is 0 Å². The number of allylic oxidation sites excluding steroid dienone is 2. The van der Waals surface area contributed by atoms with Gasteiger partial charge in [-0.15, -0.1) is 0 Å². The molecule has 0 N–H and O–H groups in total. The molecule has 0 aliphatic heterocycles. The van der Waals surface area contributed by atoms with Gasteiger partial charge in [0.1, 0.15) is 4.47 Å². The molecule has 24 heavy (non-hydrogen) atoms. The van der Waals surface area contributed by atoms with Gasteiger partial charge >= 0.3 is 5.69 Å². The molecule has 1 unspecified atom stereocenters. The summed E-state index contributed by atoms with van der Waals surface area (Å²) in [5.74, 6) is 0.357. The molecule has 0 bridgehead atoms. The van der Waals surface area contributed by atoms with Crippen LogP contribution in [0.5, 0.6) is 0 Å². The third kappa shape index (κ3) is 3.48. The number of nitrogens with zero attached hydrogens (tertiary/aromatic N) is 3. The van der Waals surface area contributed by atoms with Crippen LogP contribution in [0.3, 0.4) is 0 Å². The predicted octanol–water partition coefficient (Wildman–Crippen LogP) is 3.78. The first-order valence-electron chi connectivity index (χ1n) is 8.82. The highest BCUT2D eigenvalue weighted by atomic mass is 79.9. The topological polar surface area (TPSA) is 56.4 Å². The van der Waals surface area contributed by atoms with Gasteiger partial charge in [0, 0.05) is 12.3 Å². The zero-order valence-corrected chi connectivity index (χ0v) is 15.7. The Morgan fingerprint density at radius 2 is 1.92 bits per heavy atom. The Morgan fingerprint density at radius 3 is 2.58 bits per heavy atom. The molecule has 5 nitrogen and oxygen atoms in total. The second kappa shape index (κ2) is 7.64. The van der Waals surface area contributed by atoms with Crippen molar-refractivity contribution in [3.63, 3.8) is 0 Å². The lowest BCUT2D eigenvalue weighted by molar-refractivity contribution is 0.329. The van der Waals surface area contributed by atoms with Crippen LogP contribution < -0.4 is 11.2 Å². The maximum Gasteiger partial charge on any atom is 0.352 e. The second-order valence-corrected chi connectivity index (χ2v) is 7.56. The molecule has 0 aromatic carbocycles. The first-order valence-corrected chi connectivity index (χ1v) is 9.62. The van der Waals surface area contributed by atoms with Gasteiger partial charge < -0.3 is 0 Å². The lowest BCUT2D eigenvalue weighted by atomic mass is 9.95. The molecule has 1 heterocycles. The van der Waals surface area contributed by atoms with E-state index < -0.39 is 0 Å². The fourth-order valence-electron chi connectivity index (χ4n) is 3.60. The fourth-order valence-corrected chi connectivity index (χ4v) is 3.96.